The molecule has 5 heteroatoms. The van der Waals surface area contributed by atoms with Gasteiger partial charge in [-0.05, 0) is 32.0 Å². The number of rotatable bonds is 4. The van der Waals surface area contributed by atoms with Gasteiger partial charge in [0, 0.05) is 13.2 Å². The zero-order valence-electron chi connectivity index (χ0n) is 10.9. The van der Waals surface area contributed by atoms with Crippen molar-refractivity contribution in [1.82, 2.24) is 14.3 Å². The number of aromatic nitrogens is 3. The summed E-state index contributed by atoms with van der Waals surface area (Å²) in [6.07, 6.45) is 1.87. The van der Waals surface area contributed by atoms with Gasteiger partial charge in [0.15, 0.2) is 0 Å². The Morgan fingerprint density at radius 2 is 2.28 bits per heavy atom. The number of esters is 1. The molecule has 5 nitrogen and oxygen atoms in total. The van der Waals surface area contributed by atoms with Gasteiger partial charge in [0.2, 0.25) is 0 Å². The van der Waals surface area contributed by atoms with Crippen molar-refractivity contribution in [2.75, 3.05) is 6.61 Å². The number of nitrogens with zero attached hydrogens (tertiary/aromatic N) is 3. The zero-order chi connectivity index (χ0) is 13.1. The summed E-state index contributed by atoms with van der Waals surface area (Å²) in [6, 6.07) is 5.62. The van der Waals surface area contributed by atoms with E-state index in [9.17, 15) is 4.79 Å². The van der Waals surface area contributed by atoms with Crippen LogP contribution in [0.1, 0.15) is 28.8 Å². The summed E-state index contributed by atoms with van der Waals surface area (Å²) in [5, 5.41) is 4.29. The lowest BCUT2D eigenvalue weighted by molar-refractivity contribution is 0.0514. The van der Waals surface area contributed by atoms with Gasteiger partial charge >= 0.3 is 5.97 Å². The Kier molecular flexibility index (Phi) is 3.50. The number of hydrogen-bond donors (Lipinski definition) is 0. The Hall–Kier alpha value is -2.04. The topological polar surface area (TPSA) is 49.1 Å². The highest BCUT2D eigenvalue weighted by Gasteiger charge is 2.13. The Morgan fingerprint density at radius 3 is 2.89 bits per heavy atom. The average Bonchev–Trinajstić information content (AvgIpc) is 2.87. The van der Waals surface area contributed by atoms with E-state index in [1.807, 2.05) is 41.5 Å². The quantitative estimate of drug-likeness (QED) is 0.773. The van der Waals surface area contributed by atoms with E-state index in [0.717, 1.165) is 11.4 Å². The molecule has 2 heterocycles. The maximum Gasteiger partial charge on any atom is 0.354 e. The van der Waals surface area contributed by atoms with E-state index in [4.69, 9.17) is 4.74 Å². The van der Waals surface area contributed by atoms with Crippen LogP contribution < -0.4 is 0 Å². The van der Waals surface area contributed by atoms with Crippen molar-refractivity contribution in [3.8, 4) is 0 Å². The molecule has 0 aromatic carbocycles. The van der Waals surface area contributed by atoms with E-state index in [0.29, 0.717) is 18.8 Å². The zero-order valence-corrected chi connectivity index (χ0v) is 10.9. The lowest BCUT2D eigenvalue weighted by Gasteiger charge is -2.08. The smallest absolute Gasteiger partial charge is 0.354 e. The molecular weight excluding hydrogens is 230 g/mol. The first kappa shape index (κ1) is 12.4. The largest absolute Gasteiger partial charge is 0.461 e. The SMILES string of the molecule is CCOC(=O)c1cccn1Cc1cc(C)nn1C. The van der Waals surface area contributed by atoms with Gasteiger partial charge in [-0.15, -0.1) is 0 Å². The van der Waals surface area contributed by atoms with E-state index in [1.165, 1.54) is 0 Å². The Labute approximate surface area is 106 Å². The van der Waals surface area contributed by atoms with Crippen LogP contribution >= 0.6 is 0 Å². The number of ether oxygens (including phenoxy) is 1. The molecular formula is C13H17N3O2. The molecule has 96 valence electrons. The van der Waals surface area contributed by atoms with E-state index < -0.39 is 0 Å². The molecule has 0 spiro atoms. The first-order chi connectivity index (χ1) is 8.61. The monoisotopic (exact) mass is 247 g/mol. The molecule has 0 bridgehead atoms. The normalized spacial score (nSPS) is 10.6. The maximum absolute atomic E-state index is 11.7. The third-order valence-corrected chi connectivity index (χ3v) is 2.75. The molecule has 0 saturated carbocycles. The molecule has 0 aliphatic heterocycles. The third kappa shape index (κ3) is 2.45. The van der Waals surface area contributed by atoms with Gasteiger partial charge in [-0.25, -0.2) is 4.79 Å². The van der Waals surface area contributed by atoms with E-state index in [2.05, 4.69) is 5.10 Å². The maximum atomic E-state index is 11.7. The summed E-state index contributed by atoms with van der Waals surface area (Å²) < 4.78 is 8.71. The summed E-state index contributed by atoms with van der Waals surface area (Å²) in [5.74, 6) is -0.290. The fourth-order valence-corrected chi connectivity index (χ4v) is 1.93. The van der Waals surface area contributed by atoms with Gasteiger partial charge in [0.25, 0.3) is 0 Å². The van der Waals surface area contributed by atoms with Crippen LogP contribution in [-0.2, 0) is 18.3 Å². The Bertz CT molecular complexity index is 554. The van der Waals surface area contributed by atoms with Crippen LogP contribution in [0.15, 0.2) is 24.4 Å². The average molecular weight is 247 g/mol. The highest BCUT2D eigenvalue weighted by atomic mass is 16.5. The second kappa shape index (κ2) is 5.08. The highest BCUT2D eigenvalue weighted by molar-refractivity contribution is 5.87. The minimum atomic E-state index is -0.290. The van der Waals surface area contributed by atoms with Gasteiger partial charge in [-0.1, -0.05) is 0 Å². The molecule has 0 aliphatic rings. The highest BCUT2D eigenvalue weighted by Crippen LogP contribution is 2.10. The van der Waals surface area contributed by atoms with Gasteiger partial charge < -0.3 is 9.30 Å². The van der Waals surface area contributed by atoms with Crippen LogP contribution in [0.5, 0.6) is 0 Å². The van der Waals surface area contributed by atoms with Crippen LogP contribution in [-0.4, -0.2) is 26.9 Å². The molecule has 0 amide bonds. The van der Waals surface area contributed by atoms with Crippen molar-refractivity contribution in [1.29, 1.82) is 0 Å². The van der Waals surface area contributed by atoms with Crippen LogP contribution in [0.2, 0.25) is 0 Å². The molecule has 2 rings (SSSR count). The van der Waals surface area contributed by atoms with Crippen LogP contribution in [0.3, 0.4) is 0 Å². The number of carbonyl (C=O) groups excluding carboxylic acids is 1. The van der Waals surface area contributed by atoms with Crippen molar-refractivity contribution in [2.45, 2.75) is 20.4 Å². The summed E-state index contributed by atoms with van der Waals surface area (Å²) in [4.78, 5) is 11.7. The van der Waals surface area contributed by atoms with Crippen molar-refractivity contribution in [2.24, 2.45) is 7.05 Å². The van der Waals surface area contributed by atoms with Crippen molar-refractivity contribution in [3.63, 3.8) is 0 Å². The molecule has 0 atom stereocenters. The van der Waals surface area contributed by atoms with Crippen LogP contribution in [0.25, 0.3) is 0 Å². The lowest BCUT2D eigenvalue weighted by atomic mass is 10.3. The molecule has 0 aliphatic carbocycles. The second-order valence-corrected chi connectivity index (χ2v) is 4.14. The molecule has 18 heavy (non-hydrogen) atoms. The van der Waals surface area contributed by atoms with Gasteiger partial charge in [0.1, 0.15) is 5.69 Å². The van der Waals surface area contributed by atoms with Crippen molar-refractivity contribution in [3.05, 3.63) is 41.5 Å². The number of aryl methyl sites for hydroxylation is 2. The van der Waals surface area contributed by atoms with E-state index in [1.54, 1.807) is 13.0 Å². The Balaban J connectivity index is 2.22. The fraction of sp³-hybridized carbons (Fsp3) is 0.385. The van der Waals surface area contributed by atoms with E-state index >= 15 is 0 Å². The predicted octanol–water partition coefficient (Wildman–Crippen LogP) is 1.76. The van der Waals surface area contributed by atoms with Gasteiger partial charge in [-0.3, -0.25) is 4.68 Å². The molecule has 0 saturated heterocycles. The standard InChI is InChI=1S/C13H17N3O2/c1-4-18-13(17)12-6-5-7-16(12)9-11-8-10(2)14-15(11)3/h5-8H,4,9H2,1-3H3. The van der Waals surface area contributed by atoms with Gasteiger partial charge in [0.05, 0.1) is 24.5 Å². The minimum absolute atomic E-state index is 0.290. The molecule has 0 radical (unpaired) electrons. The fourth-order valence-electron chi connectivity index (χ4n) is 1.93. The van der Waals surface area contributed by atoms with Crippen LogP contribution in [0.4, 0.5) is 0 Å². The third-order valence-electron chi connectivity index (χ3n) is 2.75. The van der Waals surface area contributed by atoms with Gasteiger partial charge in [-0.2, -0.15) is 5.10 Å². The van der Waals surface area contributed by atoms with Crippen molar-refractivity contribution < 1.29 is 9.53 Å². The number of carbonyl (C=O) groups is 1. The minimum Gasteiger partial charge on any atom is -0.461 e. The predicted molar refractivity (Wildman–Crippen MR) is 67.4 cm³/mol. The number of hydrogen-bond acceptors (Lipinski definition) is 3. The summed E-state index contributed by atoms with van der Waals surface area (Å²) >= 11 is 0. The summed E-state index contributed by atoms with van der Waals surface area (Å²) in [5.41, 5.74) is 2.59. The molecule has 2 aromatic heterocycles. The molecule has 0 unspecified atom stereocenters. The van der Waals surface area contributed by atoms with Crippen molar-refractivity contribution >= 4 is 5.97 Å². The first-order valence-electron chi connectivity index (χ1n) is 5.93. The summed E-state index contributed by atoms with van der Waals surface area (Å²) in [7, 11) is 1.90. The first-order valence-corrected chi connectivity index (χ1v) is 5.93. The molecule has 0 N–H and O–H groups in total. The second-order valence-electron chi connectivity index (χ2n) is 4.14. The summed E-state index contributed by atoms with van der Waals surface area (Å²) in [6.45, 7) is 4.74. The van der Waals surface area contributed by atoms with Crippen LogP contribution in [0, 0.1) is 6.92 Å². The molecule has 2 aromatic rings. The van der Waals surface area contributed by atoms with E-state index in [-0.39, 0.29) is 5.97 Å². The molecule has 0 fully saturated rings. The Morgan fingerprint density at radius 1 is 1.50 bits per heavy atom. The lowest BCUT2D eigenvalue weighted by Crippen LogP contribution is -2.13.